The van der Waals surface area contributed by atoms with Crippen LogP contribution in [-0.2, 0) is 0 Å². The van der Waals surface area contributed by atoms with Crippen molar-refractivity contribution in [1.82, 2.24) is 9.88 Å². The summed E-state index contributed by atoms with van der Waals surface area (Å²) in [6, 6.07) is 12.2. The molecule has 1 atom stereocenters. The molecule has 3 heterocycles. The Bertz CT molecular complexity index is 981. The van der Waals surface area contributed by atoms with E-state index in [9.17, 15) is 9.59 Å². The third kappa shape index (κ3) is 3.12. The lowest BCUT2D eigenvalue weighted by Gasteiger charge is -2.30. The lowest BCUT2D eigenvalue weighted by atomic mass is 10.0. The zero-order chi connectivity index (χ0) is 17.9. The first-order valence-corrected chi connectivity index (χ1v) is 8.98. The zero-order valence-corrected chi connectivity index (χ0v) is 14.4. The van der Waals surface area contributed by atoms with Gasteiger partial charge in [-0.15, -0.1) is 0 Å². The molecule has 1 aromatic carbocycles. The minimum Gasteiger partial charge on any atom is -0.451 e. The number of fused-ring (bicyclic) bond motifs is 1. The standard InChI is InChI=1S/C21H20N2O3/c24-18-14-20(26-19-8-4-3-6-16(18)19)21(25)23-13-5-1-2-7-17(23)15-9-11-22-12-10-15/h3-4,6,8-12,14,17H,1-2,5,7,13H2. The van der Waals surface area contributed by atoms with Crippen LogP contribution >= 0.6 is 0 Å². The van der Waals surface area contributed by atoms with E-state index in [0.29, 0.717) is 17.5 Å². The molecule has 0 saturated carbocycles. The minimum atomic E-state index is -0.225. The van der Waals surface area contributed by atoms with Crippen LogP contribution in [0.4, 0.5) is 0 Å². The summed E-state index contributed by atoms with van der Waals surface area (Å²) in [5.41, 5.74) is 1.32. The Kier molecular flexibility index (Phi) is 4.52. The van der Waals surface area contributed by atoms with Gasteiger partial charge in [0.1, 0.15) is 5.58 Å². The van der Waals surface area contributed by atoms with Crippen molar-refractivity contribution in [2.45, 2.75) is 31.7 Å². The fourth-order valence-corrected chi connectivity index (χ4v) is 3.63. The second-order valence-electron chi connectivity index (χ2n) is 6.62. The van der Waals surface area contributed by atoms with Gasteiger partial charge in [0.25, 0.3) is 5.91 Å². The van der Waals surface area contributed by atoms with Gasteiger partial charge >= 0.3 is 0 Å². The average Bonchev–Trinajstić information content (AvgIpc) is 2.94. The number of pyridine rings is 1. The minimum absolute atomic E-state index is 0.0234. The molecule has 0 N–H and O–H groups in total. The maximum absolute atomic E-state index is 13.2. The van der Waals surface area contributed by atoms with E-state index in [1.165, 1.54) is 6.07 Å². The molecule has 0 spiro atoms. The lowest BCUT2D eigenvalue weighted by molar-refractivity contribution is 0.0648. The topological polar surface area (TPSA) is 63.4 Å². The molecule has 26 heavy (non-hydrogen) atoms. The molecule has 1 saturated heterocycles. The van der Waals surface area contributed by atoms with E-state index in [1.807, 2.05) is 17.0 Å². The first-order chi connectivity index (χ1) is 12.7. The number of hydrogen-bond acceptors (Lipinski definition) is 4. The number of carbonyl (C=O) groups is 1. The molecule has 1 aliphatic heterocycles. The number of para-hydroxylation sites is 1. The molecule has 5 nitrogen and oxygen atoms in total. The second kappa shape index (κ2) is 7.12. The SMILES string of the molecule is O=C(c1cc(=O)c2ccccc2o1)N1CCCCCC1c1ccncc1. The second-order valence-corrected chi connectivity index (χ2v) is 6.62. The maximum atomic E-state index is 13.2. The van der Waals surface area contributed by atoms with Crippen molar-refractivity contribution < 1.29 is 9.21 Å². The zero-order valence-electron chi connectivity index (χ0n) is 14.4. The van der Waals surface area contributed by atoms with E-state index in [4.69, 9.17) is 4.42 Å². The number of nitrogens with zero attached hydrogens (tertiary/aromatic N) is 2. The Labute approximate surface area is 151 Å². The maximum Gasteiger partial charge on any atom is 0.290 e. The summed E-state index contributed by atoms with van der Waals surface area (Å²) in [7, 11) is 0. The van der Waals surface area contributed by atoms with Crippen molar-refractivity contribution >= 4 is 16.9 Å². The Hall–Kier alpha value is -2.95. The molecular formula is C21H20N2O3. The molecule has 0 aliphatic carbocycles. The van der Waals surface area contributed by atoms with E-state index < -0.39 is 0 Å². The summed E-state index contributed by atoms with van der Waals surface area (Å²) in [4.78, 5) is 31.5. The number of amides is 1. The molecule has 1 aliphatic rings. The Morgan fingerprint density at radius 1 is 1.08 bits per heavy atom. The molecule has 4 rings (SSSR count). The highest BCUT2D eigenvalue weighted by molar-refractivity contribution is 5.93. The lowest BCUT2D eigenvalue weighted by Crippen LogP contribution is -2.35. The number of hydrogen-bond donors (Lipinski definition) is 0. The molecule has 1 unspecified atom stereocenters. The van der Waals surface area contributed by atoms with Gasteiger partial charge in [-0.3, -0.25) is 14.6 Å². The predicted octanol–water partition coefficient (Wildman–Crippen LogP) is 3.95. The molecule has 5 heteroatoms. The Morgan fingerprint density at radius 3 is 2.73 bits per heavy atom. The number of carbonyl (C=O) groups excluding carboxylic acids is 1. The van der Waals surface area contributed by atoms with Gasteiger partial charge in [0.15, 0.2) is 11.2 Å². The number of benzene rings is 1. The van der Waals surface area contributed by atoms with Gasteiger partial charge in [0.2, 0.25) is 0 Å². The van der Waals surface area contributed by atoms with Gasteiger partial charge in [-0.25, -0.2) is 0 Å². The molecule has 132 valence electrons. The summed E-state index contributed by atoms with van der Waals surface area (Å²) >= 11 is 0. The first kappa shape index (κ1) is 16.5. The molecule has 3 aromatic rings. The van der Waals surface area contributed by atoms with Gasteiger partial charge in [-0.05, 0) is 42.7 Å². The summed E-state index contributed by atoms with van der Waals surface area (Å²) < 4.78 is 5.78. The van der Waals surface area contributed by atoms with Crippen molar-refractivity contribution in [3.63, 3.8) is 0 Å². The largest absolute Gasteiger partial charge is 0.451 e. The smallest absolute Gasteiger partial charge is 0.290 e. The highest BCUT2D eigenvalue weighted by Crippen LogP contribution is 2.31. The third-order valence-electron chi connectivity index (χ3n) is 4.95. The summed E-state index contributed by atoms with van der Waals surface area (Å²) in [5, 5.41) is 0.491. The number of aromatic nitrogens is 1. The molecule has 0 bridgehead atoms. The van der Waals surface area contributed by atoms with Crippen LogP contribution in [0.15, 0.2) is 64.1 Å². The third-order valence-corrected chi connectivity index (χ3v) is 4.95. The van der Waals surface area contributed by atoms with Gasteiger partial charge < -0.3 is 9.32 Å². The molecule has 1 amide bonds. The van der Waals surface area contributed by atoms with Crippen LogP contribution in [-0.4, -0.2) is 22.3 Å². The van der Waals surface area contributed by atoms with Crippen LogP contribution in [0.25, 0.3) is 11.0 Å². The summed E-state index contributed by atoms with van der Waals surface area (Å²) in [5.74, 6) is -0.119. The molecule has 1 fully saturated rings. The van der Waals surface area contributed by atoms with Crippen molar-refractivity contribution in [2.75, 3.05) is 6.54 Å². The van der Waals surface area contributed by atoms with Crippen LogP contribution in [0.1, 0.15) is 47.8 Å². The highest BCUT2D eigenvalue weighted by Gasteiger charge is 2.29. The van der Waals surface area contributed by atoms with E-state index in [0.717, 1.165) is 31.2 Å². The van der Waals surface area contributed by atoms with E-state index in [2.05, 4.69) is 4.98 Å². The normalized spacial score (nSPS) is 17.8. The Morgan fingerprint density at radius 2 is 1.88 bits per heavy atom. The summed E-state index contributed by atoms with van der Waals surface area (Å²) in [6.45, 7) is 0.655. The van der Waals surface area contributed by atoms with Crippen LogP contribution < -0.4 is 5.43 Å². The van der Waals surface area contributed by atoms with Crippen LogP contribution in [0.3, 0.4) is 0 Å². The molecule has 0 radical (unpaired) electrons. The van der Waals surface area contributed by atoms with Crippen molar-refractivity contribution in [3.05, 3.63) is 76.4 Å². The van der Waals surface area contributed by atoms with Crippen LogP contribution in [0, 0.1) is 0 Å². The fraction of sp³-hybridized carbons (Fsp3) is 0.286. The summed E-state index contributed by atoms with van der Waals surface area (Å²) in [6.07, 6.45) is 7.50. The quantitative estimate of drug-likeness (QED) is 0.703. The molecular weight excluding hydrogens is 328 g/mol. The number of likely N-dealkylation sites (tertiary alicyclic amines) is 1. The van der Waals surface area contributed by atoms with E-state index in [-0.39, 0.29) is 23.1 Å². The van der Waals surface area contributed by atoms with E-state index in [1.54, 1.807) is 36.7 Å². The van der Waals surface area contributed by atoms with Crippen LogP contribution in [0.2, 0.25) is 0 Å². The van der Waals surface area contributed by atoms with Crippen molar-refractivity contribution in [1.29, 1.82) is 0 Å². The first-order valence-electron chi connectivity index (χ1n) is 8.98. The van der Waals surface area contributed by atoms with Crippen molar-refractivity contribution in [3.8, 4) is 0 Å². The average molecular weight is 348 g/mol. The predicted molar refractivity (Wildman–Crippen MR) is 99.0 cm³/mol. The molecule has 2 aromatic heterocycles. The van der Waals surface area contributed by atoms with Gasteiger partial charge in [0, 0.05) is 25.0 Å². The van der Waals surface area contributed by atoms with Crippen molar-refractivity contribution in [2.24, 2.45) is 0 Å². The van der Waals surface area contributed by atoms with Gasteiger partial charge in [0.05, 0.1) is 11.4 Å². The highest BCUT2D eigenvalue weighted by atomic mass is 16.3. The monoisotopic (exact) mass is 348 g/mol. The Balaban J connectivity index is 1.74. The van der Waals surface area contributed by atoms with Gasteiger partial charge in [-0.2, -0.15) is 0 Å². The van der Waals surface area contributed by atoms with Crippen LogP contribution in [0.5, 0.6) is 0 Å². The van der Waals surface area contributed by atoms with E-state index >= 15 is 0 Å². The van der Waals surface area contributed by atoms with Gasteiger partial charge in [-0.1, -0.05) is 25.0 Å². The number of rotatable bonds is 2. The fourth-order valence-electron chi connectivity index (χ4n) is 3.63.